The Hall–Kier alpha value is -2.37. The number of nitrogens with zero attached hydrogens (tertiary/aromatic N) is 5. The maximum atomic E-state index is 5.32. The molecule has 0 aliphatic heterocycles. The van der Waals surface area contributed by atoms with Crippen LogP contribution >= 0.6 is 0 Å². The average Bonchev–Trinajstić information content (AvgIpc) is 2.91. The lowest BCUT2D eigenvalue weighted by molar-refractivity contribution is 0.553. The normalized spacial score (nSPS) is 10.3. The van der Waals surface area contributed by atoms with Gasteiger partial charge in [0, 0.05) is 28.2 Å². The smallest absolute Gasteiger partial charge is 0.230 e. The van der Waals surface area contributed by atoms with E-state index in [1.807, 2.05) is 44.1 Å². The summed E-state index contributed by atoms with van der Waals surface area (Å²) in [6, 6.07) is 3.64. The first kappa shape index (κ1) is 13.1. The second-order valence-corrected chi connectivity index (χ2v) is 4.50. The molecule has 100 valence electrons. The van der Waals surface area contributed by atoms with Crippen molar-refractivity contribution in [2.75, 3.05) is 38.0 Å². The Morgan fingerprint density at radius 1 is 1.05 bits per heavy atom. The van der Waals surface area contributed by atoms with E-state index in [0.717, 1.165) is 0 Å². The Bertz CT molecular complexity index is 548. The molecule has 0 fully saturated rings. The van der Waals surface area contributed by atoms with Gasteiger partial charge in [-0.3, -0.25) is 0 Å². The average molecular weight is 259 g/mol. The number of hydrogen-bond donors (Lipinski definition) is 0. The van der Waals surface area contributed by atoms with E-state index in [4.69, 9.17) is 4.42 Å². The van der Waals surface area contributed by atoms with Crippen LogP contribution in [-0.4, -0.2) is 43.1 Å². The molecule has 19 heavy (non-hydrogen) atoms. The zero-order valence-corrected chi connectivity index (χ0v) is 11.6. The van der Waals surface area contributed by atoms with Gasteiger partial charge in [-0.1, -0.05) is 6.58 Å². The number of aromatic nitrogens is 3. The number of anilines is 2. The van der Waals surface area contributed by atoms with Crippen LogP contribution in [0.15, 0.2) is 29.4 Å². The molecule has 6 nitrogen and oxygen atoms in total. The van der Waals surface area contributed by atoms with Gasteiger partial charge in [-0.15, -0.1) is 0 Å². The summed E-state index contributed by atoms with van der Waals surface area (Å²) in [5, 5.41) is 0. The Morgan fingerprint density at radius 3 is 2.05 bits per heavy atom. The van der Waals surface area contributed by atoms with Crippen LogP contribution in [0.2, 0.25) is 0 Å². The van der Waals surface area contributed by atoms with Crippen molar-refractivity contribution in [1.82, 2.24) is 15.0 Å². The van der Waals surface area contributed by atoms with Gasteiger partial charge >= 0.3 is 0 Å². The van der Waals surface area contributed by atoms with Gasteiger partial charge in [0.1, 0.15) is 5.76 Å². The molecule has 2 heterocycles. The molecular weight excluding hydrogens is 242 g/mol. The molecule has 0 saturated carbocycles. The molecule has 0 N–H and O–H groups in total. The van der Waals surface area contributed by atoms with Gasteiger partial charge in [0.25, 0.3) is 0 Å². The molecule has 0 aliphatic carbocycles. The predicted molar refractivity (Wildman–Crippen MR) is 75.3 cm³/mol. The minimum atomic E-state index is 0.511. The van der Waals surface area contributed by atoms with Crippen molar-refractivity contribution >= 4 is 17.5 Å². The molecule has 6 heteroatoms. The predicted octanol–water partition coefficient (Wildman–Crippen LogP) is 1.66. The monoisotopic (exact) mass is 259 g/mol. The maximum Gasteiger partial charge on any atom is 0.230 e. The number of furan rings is 1. The zero-order valence-electron chi connectivity index (χ0n) is 11.6. The largest absolute Gasteiger partial charge is 0.464 e. The molecule has 2 aromatic heterocycles. The molecule has 0 unspecified atom stereocenters. The Labute approximate surface area is 112 Å². The second kappa shape index (κ2) is 5.09. The van der Waals surface area contributed by atoms with Crippen LogP contribution in [0.25, 0.3) is 5.57 Å². The molecule has 0 aromatic carbocycles. The summed E-state index contributed by atoms with van der Waals surface area (Å²) >= 11 is 0. The van der Waals surface area contributed by atoms with Gasteiger partial charge in [-0.25, -0.2) is 0 Å². The molecule has 0 aliphatic rings. The van der Waals surface area contributed by atoms with Crippen molar-refractivity contribution in [3.05, 3.63) is 36.6 Å². The summed E-state index contributed by atoms with van der Waals surface area (Å²) in [6.45, 7) is 3.98. The Morgan fingerprint density at radius 2 is 1.63 bits per heavy atom. The fourth-order valence-electron chi connectivity index (χ4n) is 1.45. The molecule has 0 amide bonds. The van der Waals surface area contributed by atoms with Crippen molar-refractivity contribution in [3.63, 3.8) is 0 Å². The standard InChI is InChI=1S/C13H17N5O/c1-9(10-7-6-8-19-10)11-14-12(17(2)3)16-13(15-11)18(4)5/h6-8H,1H2,2-5H3. The van der Waals surface area contributed by atoms with Gasteiger partial charge in [0.2, 0.25) is 11.9 Å². The molecule has 2 rings (SSSR count). The number of rotatable bonds is 4. The fraction of sp³-hybridized carbons (Fsp3) is 0.308. The molecule has 0 bridgehead atoms. The van der Waals surface area contributed by atoms with Gasteiger partial charge < -0.3 is 14.2 Å². The molecule has 0 saturated heterocycles. The first-order chi connectivity index (χ1) is 8.99. The fourth-order valence-corrected chi connectivity index (χ4v) is 1.45. The van der Waals surface area contributed by atoms with Crippen LogP contribution < -0.4 is 9.80 Å². The van der Waals surface area contributed by atoms with Crippen molar-refractivity contribution in [1.29, 1.82) is 0 Å². The lowest BCUT2D eigenvalue weighted by Gasteiger charge is -2.16. The minimum absolute atomic E-state index is 0.511. The first-order valence-electron chi connectivity index (χ1n) is 5.83. The highest BCUT2D eigenvalue weighted by molar-refractivity contribution is 5.71. The third-order valence-electron chi connectivity index (χ3n) is 2.50. The van der Waals surface area contributed by atoms with Gasteiger partial charge in [-0.2, -0.15) is 15.0 Å². The van der Waals surface area contributed by atoms with E-state index < -0.39 is 0 Å². The summed E-state index contributed by atoms with van der Waals surface area (Å²) in [5.41, 5.74) is 0.638. The zero-order chi connectivity index (χ0) is 14.0. The van der Waals surface area contributed by atoms with Crippen molar-refractivity contribution in [2.24, 2.45) is 0 Å². The highest BCUT2D eigenvalue weighted by Gasteiger charge is 2.14. The van der Waals surface area contributed by atoms with E-state index in [1.165, 1.54) is 0 Å². The summed E-state index contributed by atoms with van der Waals surface area (Å²) in [4.78, 5) is 16.8. The molecule has 2 aromatic rings. The second-order valence-electron chi connectivity index (χ2n) is 4.50. The van der Waals surface area contributed by atoms with Crippen LogP contribution in [0.4, 0.5) is 11.9 Å². The molecule has 0 atom stereocenters. The van der Waals surface area contributed by atoms with Crippen LogP contribution in [0.1, 0.15) is 11.6 Å². The summed E-state index contributed by atoms with van der Waals surface area (Å²) in [5.74, 6) is 2.33. The summed E-state index contributed by atoms with van der Waals surface area (Å²) in [7, 11) is 7.53. The van der Waals surface area contributed by atoms with E-state index in [0.29, 0.717) is 29.1 Å². The molecule has 0 radical (unpaired) electrons. The molecular formula is C13H17N5O. The van der Waals surface area contributed by atoms with Crippen LogP contribution in [-0.2, 0) is 0 Å². The minimum Gasteiger partial charge on any atom is -0.464 e. The third kappa shape index (κ3) is 2.73. The number of hydrogen-bond acceptors (Lipinski definition) is 6. The van der Waals surface area contributed by atoms with Crippen molar-refractivity contribution in [2.45, 2.75) is 0 Å². The Kier molecular flexibility index (Phi) is 3.50. The highest BCUT2D eigenvalue weighted by atomic mass is 16.3. The van der Waals surface area contributed by atoms with E-state index in [2.05, 4.69) is 21.5 Å². The van der Waals surface area contributed by atoms with Gasteiger partial charge in [-0.05, 0) is 12.1 Å². The van der Waals surface area contributed by atoms with E-state index in [1.54, 1.807) is 12.3 Å². The van der Waals surface area contributed by atoms with Crippen molar-refractivity contribution in [3.8, 4) is 0 Å². The quantitative estimate of drug-likeness (QED) is 0.832. The van der Waals surface area contributed by atoms with Gasteiger partial charge in [0.05, 0.1) is 11.8 Å². The lowest BCUT2D eigenvalue weighted by atomic mass is 10.2. The topological polar surface area (TPSA) is 58.3 Å². The van der Waals surface area contributed by atoms with Crippen LogP contribution in [0.3, 0.4) is 0 Å². The first-order valence-corrected chi connectivity index (χ1v) is 5.83. The lowest BCUT2D eigenvalue weighted by Crippen LogP contribution is -2.19. The maximum absolute atomic E-state index is 5.32. The van der Waals surface area contributed by atoms with Crippen LogP contribution in [0.5, 0.6) is 0 Å². The summed E-state index contributed by atoms with van der Waals surface area (Å²) < 4.78 is 5.32. The van der Waals surface area contributed by atoms with E-state index >= 15 is 0 Å². The third-order valence-corrected chi connectivity index (χ3v) is 2.50. The SMILES string of the molecule is C=C(c1nc(N(C)C)nc(N(C)C)n1)c1ccco1. The van der Waals surface area contributed by atoms with Gasteiger partial charge in [0.15, 0.2) is 5.82 Å². The molecule has 0 spiro atoms. The van der Waals surface area contributed by atoms with E-state index in [-0.39, 0.29) is 0 Å². The summed E-state index contributed by atoms with van der Waals surface area (Å²) in [6.07, 6.45) is 1.60. The van der Waals surface area contributed by atoms with E-state index in [9.17, 15) is 0 Å². The Balaban J connectivity index is 2.47. The highest BCUT2D eigenvalue weighted by Crippen LogP contribution is 2.21. The van der Waals surface area contributed by atoms with Crippen LogP contribution in [0, 0.1) is 0 Å². The van der Waals surface area contributed by atoms with Crippen molar-refractivity contribution < 1.29 is 4.42 Å².